The van der Waals surface area contributed by atoms with E-state index in [-0.39, 0.29) is 5.69 Å². The number of anilines is 2. The van der Waals surface area contributed by atoms with E-state index in [0.717, 1.165) is 12.2 Å². The van der Waals surface area contributed by atoms with Gasteiger partial charge in [0.25, 0.3) is 11.6 Å². The highest BCUT2D eigenvalue weighted by atomic mass is 32.2. The largest absolute Gasteiger partial charge is 0.492 e. The number of thioether (sulfide) groups is 1. The molecule has 4 rings (SSSR count). The number of nitro groups is 1. The second kappa shape index (κ2) is 10.6. The van der Waals surface area contributed by atoms with E-state index in [1.165, 1.54) is 17.8 Å². The monoisotopic (exact) mass is 494 g/mol. The lowest BCUT2D eigenvalue weighted by molar-refractivity contribution is -0.385. The summed E-state index contributed by atoms with van der Waals surface area (Å²) in [7, 11) is 0. The van der Waals surface area contributed by atoms with Crippen molar-refractivity contribution in [2.24, 2.45) is 0 Å². The number of ether oxygens (including phenoxy) is 1. The van der Waals surface area contributed by atoms with Crippen molar-refractivity contribution in [2.75, 3.05) is 23.0 Å². The van der Waals surface area contributed by atoms with Crippen LogP contribution in [-0.4, -0.2) is 38.0 Å². The Balaban J connectivity index is 1.81. The number of para-hydroxylation sites is 3. The van der Waals surface area contributed by atoms with Crippen LogP contribution in [-0.2, 0) is 4.79 Å². The molecule has 0 fully saturated rings. The minimum absolute atomic E-state index is 0.101. The maximum absolute atomic E-state index is 13.7. The summed E-state index contributed by atoms with van der Waals surface area (Å²) in [5.41, 5.74) is 1.59. The molecule has 1 aromatic heterocycles. The molecule has 1 atom stereocenters. The summed E-state index contributed by atoms with van der Waals surface area (Å²) < 4.78 is 7.20. The van der Waals surface area contributed by atoms with Crippen LogP contribution in [0.2, 0.25) is 0 Å². The quantitative estimate of drug-likeness (QED) is 0.242. The number of aromatic nitrogens is 3. The molecule has 1 aliphatic heterocycles. The van der Waals surface area contributed by atoms with Gasteiger partial charge in [-0.15, -0.1) is 5.10 Å². The Hall–Kier alpha value is -3.86. The average Bonchev–Trinajstić information content (AvgIpc) is 3.25. The summed E-state index contributed by atoms with van der Waals surface area (Å²) in [5.74, 6) is 1.37. The summed E-state index contributed by atoms with van der Waals surface area (Å²) in [4.78, 5) is 29.7. The van der Waals surface area contributed by atoms with Crippen LogP contribution >= 0.6 is 11.8 Å². The molecule has 11 heteroatoms. The van der Waals surface area contributed by atoms with Gasteiger partial charge in [0.05, 0.1) is 28.4 Å². The first-order valence-corrected chi connectivity index (χ1v) is 12.3. The Labute approximate surface area is 206 Å². The molecule has 2 heterocycles. The smallest absolute Gasteiger partial charge is 0.275 e. The normalized spacial score (nSPS) is 14.8. The van der Waals surface area contributed by atoms with Crippen LogP contribution in [0.15, 0.2) is 65.0 Å². The van der Waals surface area contributed by atoms with Crippen molar-refractivity contribution in [2.45, 2.75) is 38.4 Å². The van der Waals surface area contributed by atoms with Crippen LogP contribution in [0.5, 0.6) is 5.75 Å². The number of benzene rings is 2. The van der Waals surface area contributed by atoms with Gasteiger partial charge in [-0.05, 0) is 38.5 Å². The fourth-order valence-electron chi connectivity index (χ4n) is 3.89. The van der Waals surface area contributed by atoms with Gasteiger partial charge < -0.3 is 15.4 Å². The van der Waals surface area contributed by atoms with E-state index >= 15 is 0 Å². The zero-order chi connectivity index (χ0) is 24.9. The number of carbonyl (C=O) groups is 1. The van der Waals surface area contributed by atoms with Gasteiger partial charge >= 0.3 is 0 Å². The number of allylic oxidation sites excluding steroid dienone is 1. The third-order valence-corrected chi connectivity index (χ3v) is 6.42. The fraction of sp³-hybridized carbons (Fsp3) is 0.292. The zero-order valence-corrected chi connectivity index (χ0v) is 20.5. The van der Waals surface area contributed by atoms with Gasteiger partial charge in [0.1, 0.15) is 11.8 Å². The van der Waals surface area contributed by atoms with Crippen molar-refractivity contribution in [1.82, 2.24) is 14.8 Å². The Morgan fingerprint density at radius 1 is 1.23 bits per heavy atom. The highest BCUT2D eigenvalue weighted by Gasteiger charge is 2.38. The molecule has 2 N–H and O–H groups in total. The molecule has 2 aromatic carbocycles. The van der Waals surface area contributed by atoms with Gasteiger partial charge in [0.2, 0.25) is 11.1 Å². The standard InChI is InChI=1S/C24H26N6O4S/c1-4-14-35-24-27-23-25-15(3)20(22(31)26-17-11-7-9-13-19(17)34-5-2)21(29(23)28-24)16-10-6-8-12-18(16)30(32)33/h6-13,21H,4-5,14H2,1-3H3,(H,26,31)(H,25,27,28). The molecule has 0 radical (unpaired) electrons. The second-order valence-electron chi connectivity index (χ2n) is 7.78. The minimum Gasteiger partial charge on any atom is -0.492 e. The Morgan fingerprint density at radius 3 is 2.71 bits per heavy atom. The summed E-state index contributed by atoms with van der Waals surface area (Å²) in [6.07, 6.45) is 0.944. The molecular formula is C24H26N6O4S. The van der Waals surface area contributed by atoms with E-state index in [2.05, 4.69) is 27.6 Å². The lowest BCUT2D eigenvalue weighted by Crippen LogP contribution is -2.32. The lowest BCUT2D eigenvalue weighted by atomic mass is 9.93. The van der Waals surface area contributed by atoms with Crippen LogP contribution in [0.4, 0.5) is 17.3 Å². The predicted molar refractivity (Wildman–Crippen MR) is 135 cm³/mol. The van der Waals surface area contributed by atoms with Crippen LogP contribution in [0.1, 0.15) is 38.8 Å². The second-order valence-corrected chi connectivity index (χ2v) is 8.84. The first-order chi connectivity index (χ1) is 16.9. The molecule has 35 heavy (non-hydrogen) atoms. The molecule has 0 bridgehead atoms. The van der Waals surface area contributed by atoms with E-state index in [1.807, 2.05) is 13.0 Å². The van der Waals surface area contributed by atoms with Gasteiger partial charge in [-0.2, -0.15) is 4.98 Å². The number of hydrogen-bond donors (Lipinski definition) is 2. The maximum atomic E-state index is 13.7. The van der Waals surface area contributed by atoms with Gasteiger partial charge in [-0.1, -0.05) is 43.0 Å². The van der Waals surface area contributed by atoms with Gasteiger partial charge in [-0.3, -0.25) is 14.9 Å². The number of rotatable bonds is 9. The predicted octanol–water partition coefficient (Wildman–Crippen LogP) is 5.01. The SMILES string of the molecule is CCCSc1nc2n(n1)C(c1ccccc1[N+](=O)[O-])C(C(=O)Nc1ccccc1OCC)=C(C)N2. The van der Waals surface area contributed by atoms with E-state index in [0.29, 0.717) is 46.0 Å². The van der Waals surface area contributed by atoms with Crippen LogP contribution in [0.3, 0.4) is 0 Å². The molecule has 10 nitrogen and oxygen atoms in total. The first-order valence-electron chi connectivity index (χ1n) is 11.3. The Morgan fingerprint density at radius 2 is 1.97 bits per heavy atom. The Bertz CT molecular complexity index is 1290. The van der Waals surface area contributed by atoms with Crippen molar-refractivity contribution in [3.05, 3.63) is 75.5 Å². The number of nitrogens with zero attached hydrogens (tertiary/aromatic N) is 4. The fourth-order valence-corrected chi connectivity index (χ4v) is 4.58. The Kier molecular flexibility index (Phi) is 7.35. The van der Waals surface area contributed by atoms with Crippen LogP contribution < -0.4 is 15.4 Å². The van der Waals surface area contributed by atoms with Crippen LogP contribution in [0, 0.1) is 10.1 Å². The van der Waals surface area contributed by atoms with E-state index < -0.39 is 16.9 Å². The molecular weight excluding hydrogens is 468 g/mol. The van der Waals surface area contributed by atoms with Crippen molar-refractivity contribution in [3.8, 4) is 5.75 Å². The van der Waals surface area contributed by atoms with Gasteiger partial charge in [-0.25, -0.2) is 4.68 Å². The highest BCUT2D eigenvalue weighted by Crippen LogP contribution is 2.40. The van der Waals surface area contributed by atoms with Crippen molar-refractivity contribution >= 4 is 35.0 Å². The number of hydrogen-bond acceptors (Lipinski definition) is 8. The molecule has 0 saturated carbocycles. The third kappa shape index (κ3) is 4.99. The summed E-state index contributed by atoms with van der Waals surface area (Å²) in [6, 6.07) is 12.7. The average molecular weight is 495 g/mol. The molecule has 1 aliphatic rings. The number of nitrogens with one attached hydrogen (secondary N) is 2. The van der Waals surface area contributed by atoms with E-state index in [1.54, 1.807) is 48.0 Å². The zero-order valence-electron chi connectivity index (χ0n) is 19.6. The molecule has 182 valence electrons. The van der Waals surface area contributed by atoms with Crippen molar-refractivity contribution in [3.63, 3.8) is 0 Å². The van der Waals surface area contributed by atoms with E-state index in [4.69, 9.17) is 4.74 Å². The molecule has 0 saturated heterocycles. The van der Waals surface area contributed by atoms with Crippen LogP contribution in [0.25, 0.3) is 0 Å². The molecule has 3 aromatic rings. The van der Waals surface area contributed by atoms with Gasteiger partial charge in [0, 0.05) is 17.5 Å². The third-order valence-electron chi connectivity index (χ3n) is 5.38. The van der Waals surface area contributed by atoms with Crippen molar-refractivity contribution in [1.29, 1.82) is 0 Å². The maximum Gasteiger partial charge on any atom is 0.275 e. The highest BCUT2D eigenvalue weighted by molar-refractivity contribution is 7.99. The molecule has 0 spiro atoms. The summed E-state index contributed by atoms with van der Waals surface area (Å²) in [5, 5.41) is 23.1. The number of amides is 1. The summed E-state index contributed by atoms with van der Waals surface area (Å²) in [6.45, 7) is 6.12. The molecule has 0 aliphatic carbocycles. The number of nitro benzene ring substituents is 1. The first kappa shape index (κ1) is 24.3. The summed E-state index contributed by atoms with van der Waals surface area (Å²) >= 11 is 1.49. The molecule has 1 amide bonds. The molecule has 1 unspecified atom stereocenters. The number of carbonyl (C=O) groups excluding carboxylic acids is 1. The topological polar surface area (TPSA) is 124 Å². The van der Waals surface area contributed by atoms with E-state index in [9.17, 15) is 14.9 Å². The van der Waals surface area contributed by atoms with Gasteiger partial charge in [0.15, 0.2) is 0 Å². The lowest BCUT2D eigenvalue weighted by Gasteiger charge is -2.28. The minimum atomic E-state index is -0.851. The van der Waals surface area contributed by atoms with Crippen molar-refractivity contribution < 1.29 is 14.5 Å². The number of fused-ring (bicyclic) bond motifs is 1.